The van der Waals surface area contributed by atoms with E-state index < -0.39 is 12.0 Å². The second-order valence-corrected chi connectivity index (χ2v) is 8.52. The monoisotopic (exact) mass is 470 g/mol. The second kappa shape index (κ2) is 7.80. The van der Waals surface area contributed by atoms with Crippen LogP contribution in [0, 0.1) is 0 Å². The van der Waals surface area contributed by atoms with Gasteiger partial charge in [-0.25, -0.2) is 4.79 Å². The molecule has 1 saturated heterocycles. The van der Waals surface area contributed by atoms with Crippen molar-refractivity contribution in [1.82, 2.24) is 0 Å². The number of hydrogen-bond donors (Lipinski definition) is 0. The summed E-state index contributed by atoms with van der Waals surface area (Å²) in [6.45, 7) is 2.88. The van der Waals surface area contributed by atoms with E-state index in [1.807, 2.05) is 39.8 Å². The van der Waals surface area contributed by atoms with Crippen LogP contribution in [0.15, 0.2) is 60.7 Å². The molecule has 0 bridgehead atoms. The highest BCUT2D eigenvalue weighted by atomic mass is 16.7. The van der Waals surface area contributed by atoms with Crippen molar-refractivity contribution < 1.29 is 37.7 Å². The number of carbonyl (C=O) groups is 2. The first kappa shape index (κ1) is 21.1. The molecule has 3 aliphatic rings. The molecular weight excluding hydrogens is 448 g/mol. The van der Waals surface area contributed by atoms with Crippen LogP contribution < -0.4 is 18.9 Å². The first-order chi connectivity index (χ1) is 16.9. The van der Waals surface area contributed by atoms with E-state index in [4.69, 9.17) is 18.9 Å². The van der Waals surface area contributed by atoms with Gasteiger partial charge >= 0.3 is 12.0 Å². The van der Waals surface area contributed by atoms with Crippen LogP contribution >= 0.6 is 0 Å². The summed E-state index contributed by atoms with van der Waals surface area (Å²) in [4.78, 5) is 24.0. The zero-order valence-corrected chi connectivity index (χ0v) is 19.2. The van der Waals surface area contributed by atoms with E-state index in [9.17, 15) is 9.59 Å². The van der Waals surface area contributed by atoms with Crippen molar-refractivity contribution in [2.24, 2.45) is 0 Å². The molecule has 1 spiro atoms. The maximum absolute atomic E-state index is 12.6. The molecule has 3 heterocycles. The van der Waals surface area contributed by atoms with Crippen LogP contribution in [0.5, 0.6) is 23.0 Å². The summed E-state index contributed by atoms with van der Waals surface area (Å²) in [5, 5.41) is 0. The summed E-state index contributed by atoms with van der Waals surface area (Å²) in [6.07, 6.45) is 3.98. The van der Waals surface area contributed by atoms with Gasteiger partial charge in [0.2, 0.25) is 13.1 Å². The Bertz CT molecular complexity index is 1460. The standard InChI is InChI=1S/C27H22N2O6/c1-17(30)18-3-5-19(6-4-18)26(31)33-23-8-10-25-21(14-23)16-29-12-11-28-15-20-13-22(32-2)7-9-24(20)34-27(28,29)35-25/h3-10,13-16H,11-12H2,1-2H3/q+2. The largest absolute Gasteiger partial charge is 0.704 e. The van der Waals surface area contributed by atoms with E-state index in [0.29, 0.717) is 41.5 Å². The molecule has 3 aliphatic heterocycles. The fourth-order valence-corrected chi connectivity index (χ4v) is 4.47. The predicted octanol–water partition coefficient (Wildman–Crippen LogP) is 3.09. The number of ether oxygens (including phenoxy) is 4. The maximum Gasteiger partial charge on any atom is 0.704 e. The Balaban J connectivity index is 1.27. The lowest BCUT2D eigenvalue weighted by molar-refractivity contribution is -0.855. The lowest BCUT2D eigenvalue weighted by Crippen LogP contribution is -2.59. The first-order valence-corrected chi connectivity index (χ1v) is 11.2. The molecule has 35 heavy (non-hydrogen) atoms. The van der Waals surface area contributed by atoms with Gasteiger partial charge in [-0.05, 0) is 55.5 Å². The van der Waals surface area contributed by atoms with E-state index in [2.05, 4.69) is 0 Å². The summed E-state index contributed by atoms with van der Waals surface area (Å²) >= 11 is 0. The molecule has 0 amide bonds. The predicted molar refractivity (Wildman–Crippen MR) is 125 cm³/mol. The maximum atomic E-state index is 12.6. The number of benzene rings is 3. The Morgan fingerprint density at radius 1 is 0.800 bits per heavy atom. The second-order valence-electron chi connectivity index (χ2n) is 8.52. The van der Waals surface area contributed by atoms with Crippen molar-refractivity contribution in [2.75, 3.05) is 20.2 Å². The van der Waals surface area contributed by atoms with Crippen molar-refractivity contribution in [3.8, 4) is 23.0 Å². The van der Waals surface area contributed by atoms with Crippen LogP contribution in [0.1, 0.15) is 38.8 Å². The van der Waals surface area contributed by atoms with Crippen molar-refractivity contribution in [3.63, 3.8) is 0 Å². The minimum Gasteiger partial charge on any atom is -0.497 e. The number of fused-ring (bicyclic) bond motifs is 2. The van der Waals surface area contributed by atoms with E-state index >= 15 is 0 Å². The van der Waals surface area contributed by atoms with Crippen LogP contribution in [0.4, 0.5) is 0 Å². The zero-order valence-electron chi connectivity index (χ0n) is 19.2. The number of hydrogen-bond acceptors (Lipinski definition) is 6. The molecule has 3 aromatic rings. The molecule has 1 unspecified atom stereocenters. The van der Waals surface area contributed by atoms with E-state index in [-0.39, 0.29) is 5.78 Å². The molecule has 6 rings (SSSR count). The summed E-state index contributed by atoms with van der Waals surface area (Å²) in [5.74, 6) is 1.91. The number of esters is 1. The minimum absolute atomic E-state index is 0.0591. The molecule has 1 fully saturated rings. The number of methoxy groups -OCH3 is 1. The molecule has 174 valence electrons. The highest BCUT2D eigenvalue weighted by molar-refractivity contribution is 5.96. The van der Waals surface area contributed by atoms with Gasteiger partial charge in [-0.1, -0.05) is 21.3 Å². The van der Waals surface area contributed by atoms with Crippen LogP contribution in [0.25, 0.3) is 0 Å². The molecule has 1 atom stereocenters. The Kier molecular flexibility index (Phi) is 4.70. The Labute approximate surface area is 201 Å². The van der Waals surface area contributed by atoms with E-state index in [1.165, 1.54) is 6.92 Å². The third-order valence-electron chi connectivity index (χ3n) is 6.32. The minimum atomic E-state index is -1.11. The molecule has 0 aliphatic carbocycles. The van der Waals surface area contributed by atoms with Crippen molar-refractivity contribution in [3.05, 3.63) is 82.9 Å². The van der Waals surface area contributed by atoms with Gasteiger partial charge in [-0.15, -0.1) is 0 Å². The summed E-state index contributed by atoms with van der Waals surface area (Å²) in [5.41, 5.74) is 2.60. The Morgan fingerprint density at radius 3 is 1.91 bits per heavy atom. The molecule has 0 saturated carbocycles. The van der Waals surface area contributed by atoms with Crippen molar-refractivity contribution in [1.29, 1.82) is 0 Å². The average molecular weight is 470 g/mol. The normalized spacial score (nSPS) is 18.9. The summed E-state index contributed by atoms with van der Waals surface area (Å²) < 4.78 is 27.7. The molecule has 0 radical (unpaired) electrons. The fraction of sp³-hybridized carbons (Fsp3) is 0.185. The highest BCUT2D eigenvalue weighted by Gasteiger charge is 2.68. The first-order valence-electron chi connectivity index (χ1n) is 11.2. The molecule has 8 nitrogen and oxygen atoms in total. The summed E-state index contributed by atoms with van der Waals surface area (Å²) in [6, 6.07) is 16.2. The average Bonchev–Trinajstić information content (AvgIpc) is 3.22. The zero-order chi connectivity index (χ0) is 24.2. The fourth-order valence-electron chi connectivity index (χ4n) is 4.47. The smallest absolute Gasteiger partial charge is 0.497 e. The van der Waals surface area contributed by atoms with Gasteiger partial charge in [0.1, 0.15) is 11.5 Å². The molecule has 0 aromatic heterocycles. The van der Waals surface area contributed by atoms with Crippen LogP contribution in [-0.2, 0) is 0 Å². The van der Waals surface area contributed by atoms with Gasteiger partial charge in [0.15, 0.2) is 29.7 Å². The van der Waals surface area contributed by atoms with Gasteiger partial charge in [0.05, 0.1) is 23.8 Å². The van der Waals surface area contributed by atoms with Crippen LogP contribution in [0.3, 0.4) is 0 Å². The third kappa shape index (κ3) is 3.45. The molecule has 3 aromatic carbocycles. The lowest BCUT2D eigenvalue weighted by Gasteiger charge is -2.27. The Morgan fingerprint density at radius 2 is 1.34 bits per heavy atom. The Hall–Kier alpha value is -4.46. The molecule has 8 heteroatoms. The quantitative estimate of drug-likeness (QED) is 0.253. The molecule has 0 N–H and O–H groups in total. The highest BCUT2D eigenvalue weighted by Crippen LogP contribution is 2.38. The number of ketones is 1. The SMILES string of the molecule is COc1ccc2c(c1)C=[N+]1CC[N+]3=Cc4cc(OC(=O)c5ccc(C(C)=O)cc5)ccc4OC13O2. The van der Waals surface area contributed by atoms with Crippen molar-refractivity contribution in [2.45, 2.75) is 13.0 Å². The number of nitrogens with zero attached hydrogens (tertiary/aromatic N) is 2. The van der Waals surface area contributed by atoms with Gasteiger partial charge in [0.25, 0.3) is 0 Å². The van der Waals surface area contributed by atoms with Crippen molar-refractivity contribution >= 4 is 24.2 Å². The van der Waals surface area contributed by atoms with E-state index in [0.717, 1.165) is 16.9 Å². The van der Waals surface area contributed by atoms with Gasteiger partial charge in [0, 0.05) is 5.56 Å². The van der Waals surface area contributed by atoms with Gasteiger partial charge in [-0.2, -0.15) is 0 Å². The topological polar surface area (TPSA) is 77.1 Å². The third-order valence-corrected chi connectivity index (χ3v) is 6.32. The van der Waals surface area contributed by atoms with Crippen LogP contribution in [0.2, 0.25) is 0 Å². The van der Waals surface area contributed by atoms with E-state index in [1.54, 1.807) is 49.6 Å². The van der Waals surface area contributed by atoms with Gasteiger partial charge in [-0.3, -0.25) is 4.79 Å². The number of rotatable bonds is 4. The molecular formula is C27H22N2O6+2. The van der Waals surface area contributed by atoms with Gasteiger partial charge < -0.3 is 18.9 Å². The van der Waals surface area contributed by atoms with Crippen LogP contribution in [-0.4, -0.2) is 59.6 Å². The number of carbonyl (C=O) groups excluding carboxylic acids is 2. The number of Topliss-reactive ketones (excluding diaryl/α,β-unsaturated/α-hetero) is 1. The summed E-state index contributed by atoms with van der Waals surface area (Å²) in [7, 11) is 1.64. The lowest BCUT2D eigenvalue weighted by atomic mass is 10.1.